The molecule has 0 saturated heterocycles. The zero-order valence-electron chi connectivity index (χ0n) is 7.57. The fraction of sp³-hybridized carbons (Fsp3) is 0.182. The predicted octanol–water partition coefficient (Wildman–Crippen LogP) is 2.55. The average molecular weight is 205 g/mol. The standard InChI is InChI=1S/C11H9ClN2/c1-2-3-5-9-8-14-7-4-6-10(12)11(14)13-9/h1,4,6-8H,3,5H2. The monoisotopic (exact) mass is 204 g/mol. The van der Waals surface area contributed by atoms with Gasteiger partial charge in [0.05, 0.1) is 10.7 Å². The van der Waals surface area contributed by atoms with Gasteiger partial charge < -0.3 is 4.40 Å². The number of aryl methyl sites for hydroxylation is 1. The number of halogens is 1. The lowest BCUT2D eigenvalue weighted by Gasteiger charge is -1.92. The zero-order chi connectivity index (χ0) is 9.97. The van der Waals surface area contributed by atoms with Crippen molar-refractivity contribution in [1.29, 1.82) is 0 Å². The Balaban J connectivity index is 2.42. The van der Waals surface area contributed by atoms with Crippen LogP contribution < -0.4 is 0 Å². The molecular weight excluding hydrogens is 196 g/mol. The second-order valence-corrected chi connectivity index (χ2v) is 3.43. The van der Waals surface area contributed by atoms with Crippen molar-refractivity contribution in [2.75, 3.05) is 0 Å². The van der Waals surface area contributed by atoms with E-state index in [-0.39, 0.29) is 0 Å². The minimum atomic E-state index is 0.666. The van der Waals surface area contributed by atoms with E-state index in [0.717, 1.165) is 17.8 Å². The maximum Gasteiger partial charge on any atom is 0.155 e. The van der Waals surface area contributed by atoms with Crippen LogP contribution in [-0.4, -0.2) is 9.38 Å². The maximum absolute atomic E-state index is 5.98. The molecule has 0 aliphatic carbocycles. The molecule has 3 heteroatoms. The molecule has 0 saturated carbocycles. The molecule has 14 heavy (non-hydrogen) atoms. The molecule has 0 aliphatic rings. The smallest absolute Gasteiger partial charge is 0.155 e. The zero-order valence-corrected chi connectivity index (χ0v) is 8.33. The summed E-state index contributed by atoms with van der Waals surface area (Å²) in [6.45, 7) is 0. The van der Waals surface area contributed by atoms with Gasteiger partial charge in [-0.05, 0) is 12.1 Å². The lowest BCUT2D eigenvalue weighted by atomic mass is 10.3. The molecule has 2 aromatic rings. The van der Waals surface area contributed by atoms with Gasteiger partial charge in [-0.2, -0.15) is 0 Å². The van der Waals surface area contributed by atoms with Gasteiger partial charge in [0.15, 0.2) is 5.65 Å². The summed E-state index contributed by atoms with van der Waals surface area (Å²) in [6, 6.07) is 3.72. The lowest BCUT2D eigenvalue weighted by molar-refractivity contribution is 0.983. The van der Waals surface area contributed by atoms with Crippen molar-refractivity contribution < 1.29 is 0 Å². The van der Waals surface area contributed by atoms with Gasteiger partial charge in [-0.3, -0.25) is 0 Å². The molecule has 0 N–H and O–H groups in total. The Bertz CT molecular complexity index is 493. The van der Waals surface area contributed by atoms with E-state index in [9.17, 15) is 0 Å². The number of aromatic nitrogens is 2. The van der Waals surface area contributed by atoms with Gasteiger partial charge in [-0.25, -0.2) is 4.98 Å². The van der Waals surface area contributed by atoms with Gasteiger partial charge in [0.25, 0.3) is 0 Å². The summed E-state index contributed by atoms with van der Waals surface area (Å²) in [5.74, 6) is 2.59. The fourth-order valence-corrected chi connectivity index (χ4v) is 1.56. The first kappa shape index (κ1) is 9.11. The molecular formula is C11H9ClN2. The summed E-state index contributed by atoms with van der Waals surface area (Å²) in [7, 11) is 0. The van der Waals surface area contributed by atoms with E-state index in [1.807, 2.05) is 28.9 Å². The van der Waals surface area contributed by atoms with Crippen molar-refractivity contribution in [2.45, 2.75) is 12.8 Å². The summed E-state index contributed by atoms with van der Waals surface area (Å²) >= 11 is 5.98. The molecule has 0 fully saturated rings. The fourth-order valence-electron chi connectivity index (χ4n) is 1.35. The van der Waals surface area contributed by atoms with Crippen LogP contribution in [0.5, 0.6) is 0 Å². The van der Waals surface area contributed by atoms with E-state index < -0.39 is 0 Å². The number of nitrogens with zero attached hydrogens (tertiary/aromatic N) is 2. The van der Waals surface area contributed by atoms with E-state index in [2.05, 4.69) is 10.9 Å². The van der Waals surface area contributed by atoms with Gasteiger partial charge in [-0.1, -0.05) is 11.6 Å². The number of terminal acetylenes is 1. The summed E-state index contributed by atoms with van der Waals surface area (Å²) in [6.07, 6.45) is 10.6. The van der Waals surface area contributed by atoms with Crippen molar-refractivity contribution in [2.24, 2.45) is 0 Å². The second-order valence-electron chi connectivity index (χ2n) is 3.02. The van der Waals surface area contributed by atoms with E-state index in [4.69, 9.17) is 18.0 Å². The molecule has 70 valence electrons. The van der Waals surface area contributed by atoms with Crippen LogP contribution in [-0.2, 0) is 6.42 Å². The molecule has 0 aliphatic heterocycles. The number of pyridine rings is 1. The molecule has 0 amide bonds. The highest BCUT2D eigenvalue weighted by Crippen LogP contribution is 2.16. The largest absolute Gasteiger partial charge is 0.306 e. The summed E-state index contributed by atoms with van der Waals surface area (Å²) in [5.41, 5.74) is 1.78. The van der Waals surface area contributed by atoms with Crippen LogP contribution in [0, 0.1) is 12.3 Å². The first-order chi connectivity index (χ1) is 6.81. The molecule has 0 aromatic carbocycles. The normalized spacial score (nSPS) is 10.3. The van der Waals surface area contributed by atoms with Crippen molar-refractivity contribution in [3.63, 3.8) is 0 Å². The SMILES string of the molecule is C#CCCc1cn2cccc(Cl)c2n1. The Hall–Kier alpha value is -1.46. The molecule has 0 bridgehead atoms. The topological polar surface area (TPSA) is 17.3 Å². The van der Waals surface area contributed by atoms with Crippen LogP contribution in [0.2, 0.25) is 5.02 Å². The third-order valence-corrected chi connectivity index (χ3v) is 2.31. The molecule has 2 aromatic heterocycles. The molecule has 2 rings (SSSR count). The quantitative estimate of drug-likeness (QED) is 0.688. The minimum absolute atomic E-state index is 0.666. The van der Waals surface area contributed by atoms with Crippen LogP contribution in [0.3, 0.4) is 0 Å². The maximum atomic E-state index is 5.98. The van der Waals surface area contributed by atoms with Gasteiger partial charge >= 0.3 is 0 Å². The number of hydrogen-bond acceptors (Lipinski definition) is 1. The number of rotatable bonds is 2. The minimum Gasteiger partial charge on any atom is -0.306 e. The Morgan fingerprint density at radius 3 is 3.14 bits per heavy atom. The summed E-state index contributed by atoms with van der Waals surface area (Å²) < 4.78 is 1.91. The number of hydrogen-bond donors (Lipinski definition) is 0. The predicted molar refractivity (Wildman–Crippen MR) is 57.4 cm³/mol. The second kappa shape index (κ2) is 3.73. The highest BCUT2D eigenvalue weighted by Gasteiger charge is 2.03. The molecule has 2 nitrogen and oxygen atoms in total. The Labute approximate surface area is 87.5 Å². The van der Waals surface area contributed by atoms with E-state index >= 15 is 0 Å². The van der Waals surface area contributed by atoms with Crippen LogP contribution in [0.25, 0.3) is 5.65 Å². The van der Waals surface area contributed by atoms with Gasteiger partial charge in [0.1, 0.15) is 0 Å². The summed E-state index contributed by atoms with van der Waals surface area (Å²) in [4.78, 5) is 4.39. The summed E-state index contributed by atoms with van der Waals surface area (Å²) in [5, 5.41) is 0.666. The number of fused-ring (bicyclic) bond motifs is 1. The van der Waals surface area contributed by atoms with Gasteiger partial charge in [0, 0.05) is 25.2 Å². The first-order valence-electron chi connectivity index (χ1n) is 4.37. The van der Waals surface area contributed by atoms with Gasteiger partial charge in [0.2, 0.25) is 0 Å². The van der Waals surface area contributed by atoms with E-state index in [0.29, 0.717) is 11.4 Å². The third-order valence-electron chi connectivity index (χ3n) is 2.01. The van der Waals surface area contributed by atoms with Crippen molar-refractivity contribution in [3.05, 3.63) is 35.2 Å². The van der Waals surface area contributed by atoms with Crippen LogP contribution in [0.1, 0.15) is 12.1 Å². The first-order valence-corrected chi connectivity index (χ1v) is 4.74. The van der Waals surface area contributed by atoms with E-state index in [1.165, 1.54) is 0 Å². The Morgan fingerprint density at radius 1 is 1.57 bits per heavy atom. The number of imidazole rings is 1. The average Bonchev–Trinajstić information content (AvgIpc) is 2.59. The van der Waals surface area contributed by atoms with E-state index in [1.54, 1.807) is 0 Å². The third kappa shape index (κ3) is 1.59. The molecule has 0 atom stereocenters. The molecule has 0 spiro atoms. The molecule has 2 heterocycles. The van der Waals surface area contributed by atoms with Crippen LogP contribution >= 0.6 is 11.6 Å². The van der Waals surface area contributed by atoms with Crippen LogP contribution in [0.4, 0.5) is 0 Å². The van der Waals surface area contributed by atoms with Crippen molar-refractivity contribution >= 4 is 17.2 Å². The molecule has 0 unspecified atom stereocenters. The van der Waals surface area contributed by atoms with Crippen molar-refractivity contribution in [3.8, 4) is 12.3 Å². The highest BCUT2D eigenvalue weighted by atomic mass is 35.5. The van der Waals surface area contributed by atoms with Gasteiger partial charge in [-0.15, -0.1) is 12.3 Å². The van der Waals surface area contributed by atoms with Crippen LogP contribution in [0.15, 0.2) is 24.5 Å². The Morgan fingerprint density at radius 2 is 2.43 bits per heavy atom. The highest BCUT2D eigenvalue weighted by molar-refractivity contribution is 6.33. The molecule has 0 radical (unpaired) electrons. The lowest BCUT2D eigenvalue weighted by Crippen LogP contribution is -1.81. The van der Waals surface area contributed by atoms with Crippen molar-refractivity contribution in [1.82, 2.24) is 9.38 Å². The Kier molecular flexibility index (Phi) is 2.43.